The molecule has 0 spiro atoms. The lowest BCUT2D eigenvalue weighted by Crippen LogP contribution is -2.33. The van der Waals surface area contributed by atoms with Gasteiger partial charge in [0, 0.05) is 31.0 Å². The molecule has 1 aliphatic rings. The summed E-state index contributed by atoms with van der Waals surface area (Å²) in [6.07, 6.45) is 24.0. The average Bonchev–Trinajstić information content (AvgIpc) is 2.64. The fourth-order valence-corrected chi connectivity index (χ4v) is 3.06. The summed E-state index contributed by atoms with van der Waals surface area (Å²) in [5, 5.41) is 2.97. The lowest BCUT2D eigenvalue weighted by Gasteiger charge is -2.08. The van der Waals surface area contributed by atoms with Crippen LogP contribution < -0.4 is 15.6 Å². The molecule has 1 unspecified atom stereocenters. The summed E-state index contributed by atoms with van der Waals surface area (Å²) in [7, 11) is 1.90. The highest BCUT2D eigenvalue weighted by molar-refractivity contribution is 7.99. The van der Waals surface area contributed by atoms with Crippen LogP contribution in [-0.4, -0.2) is 24.6 Å². The fraction of sp³-hybridized carbons (Fsp3) is 0.286. The number of nitrogens with zero attached hydrogens (tertiary/aromatic N) is 1. The molecule has 0 aromatic carbocycles. The number of allylic oxidation sites excluding steroid dienone is 5. The maximum absolute atomic E-state index is 5.84. The smallest absolute Gasteiger partial charge is 0.169 e. The van der Waals surface area contributed by atoms with Crippen LogP contribution in [0.4, 0.5) is 0 Å². The molecule has 1 aromatic rings. The van der Waals surface area contributed by atoms with Gasteiger partial charge >= 0.3 is 0 Å². The number of rotatable bonds is 9. The minimum Gasteiger partial charge on any atom is -0.394 e. The van der Waals surface area contributed by atoms with Gasteiger partial charge in [0.25, 0.3) is 0 Å². The molecule has 1 atom stereocenters. The van der Waals surface area contributed by atoms with E-state index in [0.717, 1.165) is 24.5 Å². The molecule has 1 heterocycles. The van der Waals surface area contributed by atoms with E-state index in [2.05, 4.69) is 76.9 Å². The van der Waals surface area contributed by atoms with E-state index in [0.29, 0.717) is 0 Å². The van der Waals surface area contributed by atoms with Crippen molar-refractivity contribution in [2.24, 2.45) is 5.73 Å². The Hall–Kier alpha value is -2.04. The summed E-state index contributed by atoms with van der Waals surface area (Å²) in [6.45, 7) is 1.03. The molecule has 1 aromatic heterocycles. The van der Waals surface area contributed by atoms with Gasteiger partial charge in [-0.3, -0.25) is 0 Å². The van der Waals surface area contributed by atoms with Gasteiger partial charge in [0.15, 0.2) is 18.9 Å². The first kappa shape index (κ1) is 19.3. The molecular weight excluding hydrogens is 326 g/mol. The number of nitrogens with one attached hydrogen (secondary N) is 1. The summed E-state index contributed by atoms with van der Waals surface area (Å²) in [4.78, 5) is 0. The molecule has 132 valence electrons. The predicted octanol–water partition coefficient (Wildman–Crippen LogP) is 3.22. The first-order valence-corrected chi connectivity index (χ1v) is 9.81. The number of thioether (sulfide) groups is 1. The van der Waals surface area contributed by atoms with Gasteiger partial charge in [-0.1, -0.05) is 42.5 Å². The molecule has 3 N–H and O–H groups in total. The zero-order valence-corrected chi connectivity index (χ0v) is 15.7. The molecule has 0 amide bonds. The van der Waals surface area contributed by atoms with E-state index in [-0.39, 0.29) is 6.04 Å². The summed E-state index contributed by atoms with van der Waals surface area (Å²) in [6, 6.07) is 4.48. The van der Waals surface area contributed by atoms with E-state index in [1.54, 1.807) is 0 Å². The molecule has 0 saturated heterocycles. The quantitative estimate of drug-likeness (QED) is 0.406. The van der Waals surface area contributed by atoms with E-state index in [1.807, 2.05) is 31.1 Å². The first-order chi connectivity index (χ1) is 12.3. The lowest BCUT2D eigenvalue weighted by molar-refractivity contribution is -0.692. The number of nitrogens with two attached hydrogens (primary N) is 1. The minimum atomic E-state index is 0.172. The Morgan fingerprint density at radius 1 is 1.28 bits per heavy atom. The van der Waals surface area contributed by atoms with Gasteiger partial charge in [0.05, 0.1) is 5.75 Å². The number of aryl methyl sites for hydroxylation is 1. The number of hydrogen-bond donors (Lipinski definition) is 2. The van der Waals surface area contributed by atoms with E-state index in [4.69, 9.17) is 5.73 Å². The van der Waals surface area contributed by atoms with E-state index < -0.39 is 0 Å². The highest BCUT2D eigenvalue weighted by atomic mass is 32.2. The van der Waals surface area contributed by atoms with Crippen molar-refractivity contribution in [3.8, 4) is 0 Å². The van der Waals surface area contributed by atoms with Crippen molar-refractivity contribution in [2.75, 3.05) is 18.6 Å². The third-order valence-corrected chi connectivity index (χ3v) is 4.66. The summed E-state index contributed by atoms with van der Waals surface area (Å²) in [5.74, 6) is 2.15. The van der Waals surface area contributed by atoms with Gasteiger partial charge in [0.1, 0.15) is 0 Å². The maximum atomic E-state index is 5.84. The number of hydrogen-bond acceptors (Lipinski definition) is 3. The highest BCUT2D eigenvalue weighted by Crippen LogP contribution is 2.12. The largest absolute Gasteiger partial charge is 0.394 e. The lowest BCUT2D eigenvalue weighted by atomic mass is 10.0. The first-order valence-electron chi connectivity index (χ1n) is 8.66. The normalized spacial score (nSPS) is 17.7. The molecule has 3 nitrogen and oxygen atoms in total. The second-order valence-electron chi connectivity index (χ2n) is 5.82. The van der Waals surface area contributed by atoms with Crippen LogP contribution >= 0.6 is 11.8 Å². The number of aromatic nitrogens is 1. The molecule has 4 heteroatoms. The average molecular weight is 355 g/mol. The molecule has 0 aliphatic heterocycles. The maximum Gasteiger partial charge on any atom is 0.169 e. The van der Waals surface area contributed by atoms with Crippen LogP contribution in [0.5, 0.6) is 0 Å². The van der Waals surface area contributed by atoms with Gasteiger partial charge in [0.2, 0.25) is 0 Å². The Kier molecular flexibility index (Phi) is 8.87. The summed E-state index contributed by atoms with van der Waals surface area (Å²) >= 11 is 1.94. The van der Waals surface area contributed by atoms with Crippen molar-refractivity contribution in [1.29, 1.82) is 0 Å². The van der Waals surface area contributed by atoms with Crippen molar-refractivity contribution >= 4 is 17.8 Å². The second kappa shape index (κ2) is 11.5. The monoisotopic (exact) mass is 354 g/mol. The Bertz CT molecular complexity index is 654. The van der Waals surface area contributed by atoms with E-state index in [9.17, 15) is 0 Å². The molecule has 2 rings (SSSR count). The highest BCUT2D eigenvalue weighted by Gasteiger charge is 2.02. The molecule has 1 aliphatic carbocycles. The predicted molar refractivity (Wildman–Crippen MR) is 110 cm³/mol. The Labute approximate surface area is 155 Å². The van der Waals surface area contributed by atoms with Crippen molar-refractivity contribution in [2.45, 2.75) is 19.0 Å². The van der Waals surface area contributed by atoms with Crippen molar-refractivity contribution in [1.82, 2.24) is 5.32 Å². The third kappa shape index (κ3) is 8.05. The summed E-state index contributed by atoms with van der Waals surface area (Å²) in [5.41, 5.74) is 8.28. The van der Waals surface area contributed by atoms with Gasteiger partial charge in [-0.05, 0) is 29.8 Å². The van der Waals surface area contributed by atoms with Crippen molar-refractivity contribution in [3.63, 3.8) is 0 Å². The van der Waals surface area contributed by atoms with Gasteiger partial charge in [-0.25, -0.2) is 4.57 Å². The fourth-order valence-electron chi connectivity index (χ4n) is 2.31. The molecule has 0 radical (unpaired) electrons. The van der Waals surface area contributed by atoms with Gasteiger partial charge < -0.3 is 11.1 Å². The Morgan fingerprint density at radius 3 is 2.84 bits per heavy atom. The van der Waals surface area contributed by atoms with E-state index >= 15 is 0 Å². The van der Waals surface area contributed by atoms with Crippen LogP contribution in [0, 0.1) is 0 Å². The topological polar surface area (TPSA) is 41.9 Å². The summed E-state index contributed by atoms with van der Waals surface area (Å²) < 4.78 is 2.23. The van der Waals surface area contributed by atoms with Crippen molar-refractivity contribution < 1.29 is 4.57 Å². The third-order valence-electron chi connectivity index (χ3n) is 3.76. The standard InChI is InChI=1S/C21H28N3S/c1-23-13-3-2-4-17-25-18-16-24-14-11-20(12-15-24)6-5-19-7-9-21(22)10-8-19/h2-9,11-15,21,23H,10,16-18,22H2,1H3/q+1/b4-2-,6-5+,13-3-. The zero-order valence-electron chi connectivity index (χ0n) is 14.8. The minimum absolute atomic E-state index is 0.172. The number of pyridine rings is 1. The van der Waals surface area contributed by atoms with Crippen LogP contribution in [0.1, 0.15) is 12.0 Å². The van der Waals surface area contributed by atoms with Crippen molar-refractivity contribution in [3.05, 3.63) is 84.4 Å². The van der Waals surface area contributed by atoms with E-state index in [1.165, 1.54) is 11.1 Å². The zero-order chi connectivity index (χ0) is 17.7. The second-order valence-corrected chi connectivity index (χ2v) is 6.97. The molecule has 0 fully saturated rings. The Morgan fingerprint density at radius 2 is 2.12 bits per heavy atom. The van der Waals surface area contributed by atoms with Crippen LogP contribution in [0.2, 0.25) is 0 Å². The Balaban J connectivity index is 1.70. The van der Waals surface area contributed by atoms with Crippen LogP contribution in [-0.2, 0) is 6.54 Å². The van der Waals surface area contributed by atoms with Crippen LogP contribution in [0.15, 0.2) is 78.8 Å². The van der Waals surface area contributed by atoms with Crippen LogP contribution in [0.3, 0.4) is 0 Å². The SMILES string of the molecule is CN/C=C\C=C/CSCC[n+]1ccc(/C=C/C2=CCC(N)C=C2)cc1. The molecular formula is C21H28N3S+. The molecule has 0 bridgehead atoms. The molecule has 0 saturated carbocycles. The van der Waals surface area contributed by atoms with Crippen LogP contribution in [0.25, 0.3) is 6.08 Å². The molecule has 25 heavy (non-hydrogen) atoms. The van der Waals surface area contributed by atoms with Gasteiger partial charge in [-0.2, -0.15) is 11.8 Å². The van der Waals surface area contributed by atoms with Gasteiger partial charge in [-0.15, -0.1) is 0 Å².